The molecule has 0 fully saturated rings. The average Bonchev–Trinajstić information content (AvgIpc) is 2.73. The highest BCUT2D eigenvalue weighted by Gasteiger charge is 2.14. The third-order valence-corrected chi connectivity index (χ3v) is 4.50. The number of anilines is 1. The minimum absolute atomic E-state index is 0.103. The number of ether oxygens (including phenoxy) is 3. The molecule has 0 aliphatic rings. The van der Waals surface area contributed by atoms with Gasteiger partial charge in [-0.15, -0.1) is 0 Å². The molecule has 0 bridgehead atoms. The predicted molar refractivity (Wildman–Crippen MR) is 112 cm³/mol. The van der Waals surface area contributed by atoms with Gasteiger partial charge in [0.05, 0.1) is 26.4 Å². The highest BCUT2D eigenvalue weighted by Crippen LogP contribution is 2.34. The lowest BCUT2D eigenvalue weighted by molar-refractivity contribution is -0.112. The van der Waals surface area contributed by atoms with Gasteiger partial charge in [0.25, 0.3) is 5.91 Å². The van der Waals surface area contributed by atoms with Gasteiger partial charge in [0.15, 0.2) is 11.5 Å². The van der Waals surface area contributed by atoms with Crippen LogP contribution in [0.3, 0.4) is 0 Å². The lowest BCUT2D eigenvalue weighted by Crippen LogP contribution is -2.13. The van der Waals surface area contributed by atoms with Gasteiger partial charge in [-0.1, -0.05) is 15.9 Å². The van der Waals surface area contributed by atoms with E-state index in [0.29, 0.717) is 39.4 Å². The second-order valence-electron chi connectivity index (χ2n) is 5.65. The van der Waals surface area contributed by atoms with Gasteiger partial charge in [-0.3, -0.25) is 4.79 Å². The molecule has 150 valence electrons. The van der Waals surface area contributed by atoms with Gasteiger partial charge >= 0.3 is 5.97 Å². The van der Waals surface area contributed by atoms with Gasteiger partial charge in [0.1, 0.15) is 11.6 Å². The molecule has 0 aliphatic carbocycles. The largest absolute Gasteiger partial charge is 0.493 e. The van der Waals surface area contributed by atoms with Crippen LogP contribution < -0.4 is 14.8 Å². The van der Waals surface area contributed by atoms with Crippen molar-refractivity contribution in [3.05, 3.63) is 57.6 Å². The molecule has 1 N–H and O–H groups in total. The molecule has 0 unspecified atom stereocenters. The summed E-state index contributed by atoms with van der Waals surface area (Å²) >= 11 is 3.42. The summed E-state index contributed by atoms with van der Waals surface area (Å²) in [6, 6.07) is 11.4. The Morgan fingerprint density at radius 3 is 2.41 bits per heavy atom. The molecule has 2 aromatic rings. The molecule has 8 heteroatoms. The smallest absolute Gasteiger partial charge is 0.337 e. The first-order chi connectivity index (χ1) is 13.9. The molecule has 0 aromatic heterocycles. The molecular weight excluding hydrogens is 440 g/mol. The molecule has 0 spiro atoms. The molecular formula is C21H19BrN2O5. The summed E-state index contributed by atoms with van der Waals surface area (Å²) in [6.45, 7) is 2.33. The van der Waals surface area contributed by atoms with Crippen LogP contribution in [-0.4, -0.2) is 32.7 Å². The Labute approximate surface area is 177 Å². The summed E-state index contributed by atoms with van der Waals surface area (Å²) in [5.41, 5.74) is 1.27. The number of methoxy groups -OCH3 is 2. The SMILES string of the molecule is CCOc1cc(Br)c(/C=C(\C#N)C(=O)Nc2ccc(C(=O)OC)cc2)cc1OC. The Hall–Kier alpha value is -3.31. The number of nitrogens with zero attached hydrogens (tertiary/aromatic N) is 1. The number of nitrogens with one attached hydrogen (secondary N) is 1. The zero-order valence-corrected chi connectivity index (χ0v) is 17.7. The predicted octanol–water partition coefficient (Wildman–Crippen LogP) is 4.19. The fourth-order valence-electron chi connectivity index (χ4n) is 2.40. The van der Waals surface area contributed by atoms with Crippen LogP contribution in [-0.2, 0) is 9.53 Å². The lowest BCUT2D eigenvalue weighted by Gasteiger charge is -2.12. The quantitative estimate of drug-likeness (QED) is 0.379. The summed E-state index contributed by atoms with van der Waals surface area (Å²) in [4.78, 5) is 24.0. The number of rotatable bonds is 7. The second kappa shape index (κ2) is 10.3. The van der Waals surface area contributed by atoms with E-state index in [1.807, 2.05) is 13.0 Å². The van der Waals surface area contributed by atoms with Crippen LogP contribution in [0.4, 0.5) is 5.69 Å². The standard InChI is InChI=1S/C21H19BrN2O5/c1-4-29-19-11-17(22)14(10-18(19)27-2)9-15(12-23)20(25)24-16-7-5-13(6-8-16)21(26)28-3/h5-11H,4H2,1-3H3,(H,24,25)/b15-9+. The Morgan fingerprint density at radius 1 is 1.17 bits per heavy atom. The molecule has 0 saturated heterocycles. The summed E-state index contributed by atoms with van der Waals surface area (Å²) in [5.74, 6) is -0.0297. The average molecular weight is 459 g/mol. The van der Waals surface area contributed by atoms with Crippen molar-refractivity contribution in [2.45, 2.75) is 6.92 Å². The number of nitriles is 1. The van der Waals surface area contributed by atoms with Crippen molar-refractivity contribution < 1.29 is 23.8 Å². The number of hydrogen-bond acceptors (Lipinski definition) is 6. The van der Waals surface area contributed by atoms with E-state index < -0.39 is 11.9 Å². The van der Waals surface area contributed by atoms with Crippen LogP contribution in [0, 0.1) is 11.3 Å². The fourth-order valence-corrected chi connectivity index (χ4v) is 2.84. The normalized spacial score (nSPS) is 10.7. The second-order valence-corrected chi connectivity index (χ2v) is 6.50. The Bertz CT molecular complexity index is 978. The van der Waals surface area contributed by atoms with Crippen LogP contribution in [0.5, 0.6) is 11.5 Å². The maximum atomic E-state index is 12.5. The summed E-state index contributed by atoms with van der Waals surface area (Å²) in [5, 5.41) is 12.1. The van der Waals surface area contributed by atoms with Crippen LogP contribution in [0.2, 0.25) is 0 Å². The number of halogens is 1. The van der Waals surface area contributed by atoms with Gasteiger partial charge in [-0.05, 0) is 55.0 Å². The molecule has 0 radical (unpaired) electrons. The minimum atomic E-state index is -0.585. The van der Waals surface area contributed by atoms with Gasteiger partial charge in [-0.25, -0.2) is 4.79 Å². The summed E-state index contributed by atoms with van der Waals surface area (Å²) in [7, 11) is 2.80. The van der Waals surface area contributed by atoms with E-state index >= 15 is 0 Å². The monoisotopic (exact) mass is 458 g/mol. The summed E-state index contributed by atoms with van der Waals surface area (Å²) < 4.78 is 16.1. The van der Waals surface area contributed by atoms with Gasteiger partial charge in [-0.2, -0.15) is 5.26 Å². The van der Waals surface area contributed by atoms with E-state index in [1.54, 1.807) is 24.3 Å². The fraction of sp³-hybridized carbons (Fsp3) is 0.190. The highest BCUT2D eigenvalue weighted by molar-refractivity contribution is 9.10. The van der Waals surface area contributed by atoms with Crippen molar-refractivity contribution in [1.82, 2.24) is 0 Å². The van der Waals surface area contributed by atoms with Crippen LogP contribution >= 0.6 is 15.9 Å². The molecule has 2 rings (SSSR count). The minimum Gasteiger partial charge on any atom is -0.493 e. The number of carbonyl (C=O) groups excluding carboxylic acids is 2. The number of hydrogen-bond donors (Lipinski definition) is 1. The Morgan fingerprint density at radius 2 is 1.86 bits per heavy atom. The Balaban J connectivity index is 2.26. The third kappa shape index (κ3) is 5.59. The maximum absolute atomic E-state index is 12.5. The molecule has 1 amide bonds. The van der Waals surface area contributed by atoms with E-state index in [0.717, 1.165) is 0 Å². The van der Waals surface area contributed by atoms with Crippen LogP contribution in [0.1, 0.15) is 22.8 Å². The summed E-state index contributed by atoms with van der Waals surface area (Å²) in [6.07, 6.45) is 1.44. The van der Waals surface area contributed by atoms with Crippen molar-refractivity contribution >= 4 is 39.6 Å². The van der Waals surface area contributed by atoms with Gasteiger partial charge in [0, 0.05) is 10.2 Å². The maximum Gasteiger partial charge on any atom is 0.337 e. The van der Waals surface area contributed by atoms with Gasteiger partial charge in [0.2, 0.25) is 0 Å². The van der Waals surface area contributed by atoms with Crippen LogP contribution in [0.25, 0.3) is 6.08 Å². The molecule has 0 aliphatic heterocycles. The number of benzene rings is 2. The molecule has 2 aromatic carbocycles. The van der Waals surface area contributed by atoms with Crippen molar-refractivity contribution in [3.8, 4) is 17.6 Å². The topological polar surface area (TPSA) is 97.7 Å². The molecule has 7 nitrogen and oxygen atoms in total. The molecule has 0 saturated carbocycles. The van der Waals surface area contributed by atoms with Crippen LogP contribution in [0.15, 0.2) is 46.4 Å². The number of amides is 1. The van der Waals surface area contributed by atoms with E-state index in [-0.39, 0.29) is 5.57 Å². The van der Waals surface area contributed by atoms with E-state index in [9.17, 15) is 14.9 Å². The van der Waals surface area contributed by atoms with Crippen molar-refractivity contribution in [1.29, 1.82) is 5.26 Å². The van der Waals surface area contributed by atoms with Crippen molar-refractivity contribution in [2.24, 2.45) is 0 Å². The molecule has 0 heterocycles. The highest BCUT2D eigenvalue weighted by atomic mass is 79.9. The van der Waals surface area contributed by atoms with Crippen molar-refractivity contribution in [3.63, 3.8) is 0 Å². The first-order valence-electron chi connectivity index (χ1n) is 8.55. The number of carbonyl (C=O) groups is 2. The first-order valence-corrected chi connectivity index (χ1v) is 9.34. The van der Waals surface area contributed by atoms with E-state index in [2.05, 4.69) is 26.0 Å². The zero-order chi connectivity index (χ0) is 21.4. The third-order valence-electron chi connectivity index (χ3n) is 3.81. The lowest BCUT2D eigenvalue weighted by atomic mass is 10.1. The molecule has 29 heavy (non-hydrogen) atoms. The van der Waals surface area contributed by atoms with E-state index in [1.165, 1.54) is 32.4 Å². The zero-order valence-electron chi connectivity index (χ0n) is 16.1. The number of esters is 1. The molecule has 0 atom stereocenters. The van der Waals surface area contributed by atoms with Gasteiger partial charge < -0.3 is 19.5 Å². The first kappa shape index (κ1) is 22.0. The Kier molecular flexibility index (Phi) is 7.80. The van der Waals surface area contributed by atoms with E-state index in [4.69, 9.17) is 9.47 Å². The van der Waals surface area contributed by atoms with Crippen molar-refractivity contribution in [2.75, 3.05) is 26.1 Å².